The number of carbonyl (C=O) groups is 1. The number of nitrogens with one attached hydrogen (secondary N) is 2. The molecule has 29 heavy (non-hydrogen) atoms. The quantitative estimate of drug-likeness (QED) is 0.577. The number of rotatable bonds is 7. The van der Waals surface area contributed by atoms with Crippen LogP contribution in [0.25, 0.3) is 0 Å². The van der Waals surface area contributed by atoms with Gasteiger partial charge in [0.2, 0.25) is 5.91 Å². The van der Waals surface area contributed by atoms with E-state index in [1.54, 1.807) is 30.0 Å². The van der Waals surface area contributed by atoms with Crippen LogP contribution in [0.2, 0.25) is 0 Å². The molecule has 2 N–H and O–H groups in total. The summed E-state index contributed by atoms with van der Waals surface area (Å²) in [6, 6.07) is 22.6. The molecule has 0 aliphatic carbocycles. The average Bonchev–Trinajstić information content (AvgIpc) is 2.68. The van der Waals surface area contributed by atoms with E-state index in [0.717, 1.165) is 21.6 Å². The Labute approximate surface area is 175 Å². The molecule has 3 aromatic rings. The van der Waals surface area contributed by atoms with Gasteiger partial charge in [0, 0.05) is 16.0 Å². The molecule has 0 bridgehead atoms. The number of hydrogen-bond acceptors (Lipinski definition) is 5. The molecule has 0 fully saturated rings. The summed E-state index contributed by atoms with van der Waals surface area (Å²) in [6.07, 6.45) is 1.16. The Morgan fingerprint density at radius 3 is 2.34 bits per heavy atom. The fraction of sp³-hybridized carbons (Fsp3) is 0.136. The van der Waals surface area contributed by atoms with Crippen molar-refractivity contribution >= 4 is 38.9 Å². The maximum absolute atomic E-state index is 12.5. The minimum absolute atomic E-state index is 0.0457. The lowest BCUT2D eigenvalue weighted by molar-refractivity contribution is -0.114. The summed E-state index contributed by atoms with van der Waals surface area (Å²) in [6.45, 7) is 1.78. The minimum Gasteiger partial charge on any atom is -0.375 e. The summed E-state index contributed by atoms with van der Waals surface area (Å²) in [5.74, 6) is -0.258. The van der Waals surface area contributed by atoms with Gasteiger partial charge >= 0.3 is 0 Å². The molecule has 0 heterocycles. The number of benzene rings is 3. The normalized spacial score (nSPS) is 11.1. The fourth-order valence-corrected chi connectivity index (χ4v) is 4.59. The second-order valence-electron chi connectivity index (χ2n) is 6.58. The van der Waals surface area contributed by atoms with Gasteiger partial charge in [-0.25, -0.2) is 8.42 Å². The smallest absolute Gasteiger partial charge is 0.243 e. The summed E-state index contributed by atoms with van der Waals surface area (Å²) >= 11 is 1.56. The van der Waals surface area contributed by atoms with Crippen LogP contribution in [-0.4, -0.2) is 27.1 Å². The molecule has 0 aliphatic heterocycles. The van der Waals surface area contributed by atoms with Crippen LogP contribution in [0.1, 0.15) is 5.56 Å². The third kappa shape index (κ3) is 5.85. The predicted molar refractivity (Wildman–Crippen MR) is 118 cm³/mol. The van der Waals surface area contributed by atoms with Gasteiger partial charge in [-0.1, -0.05) is 48.2 Å². The van der Waals surface area contributed by atoms with Crippen LogP contribution in [0.5, 0.6) is 0 Å². The Morgan fingerprint density at radius 1 is 0.931 bits per heavy atom. The van der Waals surface area contributed by atoms with Gasteiger partial charge in [0.25, 0.3) is 0 Å². The molecule has 5 nitrogen and oxygen atoms in total. The molecular weight excluding hydrogens is 404 g/mol. The van der Waals surface area contributed by atoms with Crippen LogP contribution in [0, 0.1) is 6.92 Å². The summed E-state index contributed by atoms with van der Waals surface area (Å²) < 4.78 is 24.0. The van der Waals surface area contributed by atoms with Crippen molar-refractivity contribution in [2.45, 2.75) is 21.6 Å². The molecule has 0 radical (unpaired) electrons. The van der Waals surface area contributed by atoms with Gasteiger partial charge in [0.1, 0.15) is 0 Å². The summed E-state index contributed by atoms with van der Waals surface area (Å²) in [5.41, 5.74) is 1.97. The van der Waals surface area contributed by atoms with Gasteiger partial charge in [-0.3, -0.25) is 4.79 Å². The molecule has 7 heteroatoms. The predicted octanol–water partition coefficient (Wildman–Crippen LogP) is 4.60. The van der Waals surface area contributed by atoms with Crippen molar-refractivity contribution in [3.8, 4) is 0 Å². The van der Waals surface area contributed by atoms with Crippen molar-refractivity contribution in [1.82, 2.24) is 0 Å². The third-order valence-electron chi connectivity index (χ3n) is 4.11. The lowest BCUT2D eigenvalue weighted by atomic mass is 10.2. The van der Waals surface area contributed by atoms with E-state index >= 15 is 0 Å². The van der Waals surface area contributed by atoms with Crippen molar-refractivity contribution in [2.24, 2.45) is 0 Å². The number of aryl methyl sites for hydroxylation is 1. The largest absolute Gasteiger partial charge is 0.375 e. The van der Waals surface area contributed by atoms with Crippen molar-refractivity contribution in [1.29, 1.82) is 0 Å². The molecular formula is C22H22N2O3S2. The highest BCUT2D eigenvalue weighted by molar-refractivity contribution is 7.99. The van der Waals surface area contributed by atoms with Crippen LogP contribution < -0.4 is 10.6 Å². The zero-order valence-electron chi connectivity index (χ0n) is 16.2. The minimum atomic E-state index is -3.40. The molecule has 0 aliphatic rings. The summed E-state index contributed by atoms with van der Waals surface area (Å²) in [5, 5.41) is 5.84. The fourth-order valence-electron chi connectivity index (χ4n) is 2.73. The van der Waals surface area contributed by atoms with Crippen LogP contribution in [0.3, 0.4) is 0 Å². The SMILES string of the molecule is Cc1ccc(NCC(=O)Nc2ccccc2Sc2ccccc2)c(S(C)(=O)=O)c1. The van der Waals surface area contributed by atoms with Crippen LogP contribution >= 0.6 is 11.8 Å². The van der Waals surface area contributed by atoms with E-state index in [4.69, 9.17) is 0 Å². The Morgan fingerprint density at radius 2 is 1.62 bits per heavy atom. The van der Waals surface area contributed by atoms with E-state index < -0.39 is 9.84 Å². The first kappa shape index (κ1) is 21.0. The molecule has 0 aromatic heterocycles. The average molecular weight is 427 g/mol. The van der Waals surface area contributed by atoms with Crippen molar-refractivity contribution in [2.75, 3.05) is 23.4 Å². The van der Waals surface area contributed by atoms with Gasteiger partial charge in [-0.15, -0.1) is 0 Å². The van der Waals surface area contributed by atoms with Gasteiger partial charge in [0.15, 0.2) is 9.84 Å². The van der Waals surface area contributed by atoms with Crippen LogP contribution in [-0.2, 0) is 14.6 Å². The van der Waals surface area contributed by atoms with Crippen LogP contribution in [0.4, 0.5) is 11.4 Å². The maximum Gasteiger partial charge on any atom is 0.243 e. The third-order valence-corrected chi connectivity index (χ3v) is 6.33. The number of hydrogen-bond donors (Lipinski definition) is 2. The number of para-hydroxylation sites is 1. The summed E-state index contributed by atoms with van der Waals surface area (Å²) in [7, 11) is -3.40. The second kappa shape index (κ2) is 9.15. The Kier molecular flexibility index (Phi) is 6.61. The number of sulfone groups is 1. The highest BCUT2D eigenvalue weighted by atomic mass is 32.2. The zero-order chi connectivity index (χ0) is 20.9. The lowest BCUT2D eigenvalue weighted by Crippen LogP contribution is -2.22. The van der Waals surface area contributed by atoms with Gasteiger partial charge < -0.3 is 10.6 Å². The van der Waals surface area contributed by atoms with Gasteiger partial charge in [-0.2, -0.15) is 0 Å². The number of carbonyl (C=O) groups excluding carboxylic acids is 1. The Hall–Kier alpha value is -2.77. The van der Waals surface area contributed by atoms with E-state index in [0.29, 0.717) is 11.4 Å². The standard InChI is InChI=1S/C22H22N2O3S2/c1-16-12-13-19(21(14-16)29(2,26)27)23-15-22(25)24-18-10-6-7-11-20(18)28-17-8-4-3-5-9-17/h3-14,23H,15H2,1-2H3,(H,24,25). The molecule has 0 saturated heterocycles. The van der Waals surface area contributed by atoms with E-state index in [1.165, 1.54) is 0 Å². The lowest BCUT2D eigenvalue weighted by Gasteiger charge is -2.13. The molecule has 150 valence electrons. The zero-order valence-corrected chi connectivity index (χ0v) is 17.8. The Bertz CT molecular complexity index is 1110. The van der Waals surface area contributed by atoms with Crippen LogP contribution in [0.15, 0.2) is 87.5 Å². The monoisotopic (exact) mass is 426 g/mol. The molecule has 3 rings (SSSR count). The Balaban J connectivity index is 1.70. The molecule has 0 atom stereocenters. The first-order valence-electron chi connectivity index (χ1n) is 8.99. The first-order valence-corrected chi connectivity index (χ1v) is 11.7. The van der Waals surface area contributed by atoms with E-state index in [9.17, 15) is 13.2 Å². The van der Waals surface area contributed by atoms with Gasteiger partial charge in [-0.05, 0) is 48.9 Å². The highest BCUT2D eigenvalue weighted by Gasteiger charge is 2.15. The van der Waals surface area contributed by atoms with Crippen molar-refractivity contribution in [3.63, 3.8) is 0 Å². The van der Waals surface area contributed by atoms with Crippen molar-refractivity contribution < 1.29 is 13.2 Å². The summed E-state index contributed by atoms with van der Waals surface area (Å²) in [4.78, 5) is 14.7. The molecule has 0 unspecified atom stereocenters. The second-order valence-corrected chi connectivity index (χ2v) is 9.68. The van der Waals surface area contributed by atoms with E-state index in [1.807, 2.05) is 61.5 Å². The van der Waals surface area contributed by atoms with Crippen molar-refractivity contribution in [3.05, 3.63) is 78.4 Å². The molecule has 0 saturated carbocycles. The number of amides is 1. The number of anilines is 2. The van der Waals surface area contributed by atoms with E-state index in [-0.39, 0.29) is 17.3 Å². The van der Waals surface area contributed by atoms with E-state index in [2.05, 4.69) is 10.6 Å². The maximum atomic E-state index is 12.5. The molecule has 1 amide bonds. The highest BCUT2D eigenvalue weighted by Crippen LogP contribution is 2.33. The van der Waals surface area contributed by atoms with Gasteiger partial charge in [0.05, 0.1) is 22.8 Å². The topological polar surface area (TPSA) is 75.3 Å². The molecule has 0 spiro atoms. The first-order chi connectivity index (χ1) is 13.8. The molecule has 3 aromatic carbocycles.